The van der Waals surface area contributed by atoms with Crippen LogP contribution in [0, 0.1) is 6.92 Å². The number of hydrogen-bond donors (Lipinski definition) is 2. The number of nitrogens with two attached hydrogens (primary N) is 1. The van der Waals surface area contributed by atoms with Crippen LogP contribution < -0.4 is 11.1 Å². The number of aryl methyl sites for hydroxylation is 1. The summed E-state index contributed by atoms with van der Waals surface area (Å²) < 4.78 is 5.14. The van der Waals surface area contributed by atoms with Gasteiger partial charge in [-0.15, -0.1) is 0 Å². The second-order valence-corrected chi connectivity index (χ2v) is 4.61. The maximum absolute atomic E-state index is 11.9. The average molecular weight is 274 g/mol. The Hall–Kier alpha value is -2.21. The van der Waals surface area contributed by atoms with E-state index in [9.17, 15) is 4.79 Å². The highest BCUT2D eigenvalue weighted by Gasteiger charge is 2.14. The average Bonchev–Trinajstić information content (AvgIpc) is 2.85. The van der Waals surface area contributed by atoms with Crippen molar-refractivity contribution < 1.29 is 9.32 Å². The van der Waals surface area contributed by atoms with E-state index in [0.29, 0.717) is 23.0 Å². The fraction of sp³-hybridized carbons (Fsp3) is 0.357. The first-order valence-electron chi connectivity index (χ1n) is 6.55. The summed E-state index contributed by atoms with van der Waals surface area (Å²) in [7, 11) is 0. The van der Waals surface area contributed by atoms with E-state index in [4.69, 9.17) is 10.3 Å². The monoisotopic (exact) mass is 274 g/mol. The highest BCUT2D eigenvalue weighted by molar-refractivity contribution is 5.94. The van der Waals surface area contributed by atoms with Crippen LogP contribution in [0.4, 0.5) is 5.69 Å². The lowest BCUT2D eigenvalue weighted by atomic mass is 10.1. The third-order valence-corrected chi connectivity index (χ3v) is 2.93. The Labute approximate surface area is 117 Å². The topological polar surface area (TPSA) is 94.0 Å². The number of amides is 1. The zero-order valence-electron chi connectivity index (χ0n) is 11.6. The molecule has 0 spiro atoms. The molecular weight excluding hydrogens is 256 g/mol. The summed E-state index contributed by atoms with van der Waals surface area (Å²) in [5.74, 6) is 0.815. The summed E-state index contributed by atoms with van der Waals surface area (Å²) in [5, 5.41) is 6.59. The normalized spacial score (nSPS) is 12.2. The van der Waals surface area contributed by atoms with E-state index in [1.54, 1.807) is 13.0 Å². The molecule has 1 aromatic carbocycles. The van der Waals surface area contributed by atoms with Gasteiger partial charge in [0.15, 0.2) is 5.82 Å². The molecule has 2 rings (SSSR count). The molecule has 106 valence electrons. The van der Waals surface area contributed by atoms with Crippen LogP contribution in [-0.2, 0) is 4.79 Å². The fourth-order valence-corrected chi connectivity index (χ4v) is 1.77. The number of carbonyl (C=O) groups excluding carboxylic acids is 1. The Morgan fingerprint density at radius 2 is 2.20 bits per heavy atom. The smallest absolute Gasteiger partial charge is 0.260 e. The molecule has 1 amide bonds. The standard InChI is InChI=1S/C14H18N4O2/c1-3-10(15)8-13(19)17-12-7-5-4-6-11(12)14-16-9(2)18-20-14/h4-7,10H,3,8,15H2,1-2H3,(H,17,19). The SMILES string of the molecule is CCC(N)CC(=O)Nc1ccccc1-c1nc(C)no1. The lowest BCUT2D eigenvalue weighted by Crippen LogP contribution is -2.26. The van der Waals surface area contributed by atoms with Gasteiger partial charge < -0.3 is 15.6 Å². The van der Waals surface area contributed by atoms with Crippen molar-refractivity contribution in [2.24, 2.45) is 5.73 Å². The number of para-hydroxylation sites is 1. The largest absolute Gasteiger partial charge is 0.334 e. The van der Waals surface area contributed by atoms with E-state index in [-0.39, 0.29) is 18.4 Å². The lowest BCUT2D eigenvalue weighted by Gasteiger charge is -2.11. The van der Waals surface area contributed by atoms with Crippen LogP contribution in [0.2, 0.25) is 0 Å². The Bertz CT molecular complexity index is 594. The molecule has 0 bridgehead atoms. The number of aromatic nitrogens is 2. The molecule has 1 atom stereocenters. The van der Waals surface area contributed by atoms with Gasteiger partial charge in [-0.25, -0.2) is 0 Å². The van der Waals surface area contributed by atoms with E-state index < -0.39 is 0 Å². The molecule has 6 heteroatoms. The molecule has 0 aliphatic carbocycles. The van der Waals surface area contributed by atoms with Crippen molar-refractivity contribution in [3.05, 3.63) is 30.1 Å². The number of anilines is 1. The zero-order valence-corrected chi connectivity index (χ0v) is 11.6. The number of nitrogens with zero attached hydrogens (tertiary/aromatic N) is 2. The summed E-state index contributed by atoms with van der Waals surface area (Å²) in [6.07, 6.45) is 1.05. The lowest BCUT2D eigenvalue weighted by molar-refractivity contribution is -0.116. The van der Waals surface area contributed by atoms with Crippen LogP contribution in [0.3, 0.4) is 0 Å². The molecule has 0 aliphatic rings. The number of carbonyl (C=O) groups is 1. The molecule has 1 unspecified atom stereocenters. The van der Waals surface area contributed by atoms with Gasteiger partial charge in [0, 0.05) is 12.5 Å². The molecule has 2 aromatic rings. The van der Waals surface area contributed by atoms with E-state index in [2.05, 4.69) is 15.5 Å². The van der Waals surface area contributed by atoms with Gasteiger partial charge in [0.25, 0.3) is 5.89 Å². The maximum atomic E-state index is 11.9. The molecule has 6 nitrogen and oxygen atoms in total. The third-order valence-electron chi connectivity index (χ3n) is 2.93. The molecule has 0 saturated heterocycles. The van der Waals surface area contributed by atoms with Crippen molar-refractivity contribution in [1.29, 1.82) is 0 Å². The van der Waals surface area contributed by atoms with Crippen molar-refractivity contribution in [3.8, 4) is 11.5 Å². The molecule has 0 aliphatic heterocycles. The Kier molecular flexibility index (Phi) is 4.47. The van der Waals surface area contributed by atoms with Gasteiger partial charge in [-0.2, -0.15) is 4.98 Å². The second-order valence-electron chi connectivity index (χ2n) is 4.61. The molecular formula is C14H18N4O2. The predicted octanol–water partition coefficient (Wildman–Crippen LogP) is 2.11. The van der Waals surface area contributed by atoms with Gasteiger partial charge in [0.2, 0.25) is 5.91 Å². The highest BCUT2D eigenvalue weighted by Crippen LogP contribution is 2.26. The summed E-state index contributed by atoms with van der Waals surface area (Å²) in [6.45, 7) is 3.70. The summed E-state index contributed by atoms with van der Waals surface area (Å²) >= 11 is 0. The van der Waals surface area contributed by atoms with Crippen molar-refractivity contribution in [3.63, 3.8) is 0 Å². The van der Waals surface area contributed by atoms with Crippen LogP contribution in [0.5, 0.6) is 0 Å². The molecule has 1 aromatic heterocycles. The fourth-order valence-electron chi connectivity index (χ4n) is 1.77. The maximum Gasteiger partial charge on any atom is 0.260 e. The highest BCUT2D eigenvalue weighted by atomic mass is 16.5. The molecule has 0 radical (unpaired) electrons. The van der Waals surface area contributed by atoms with Crippen LogP contribution in [0.15, 0.2) is 28.8 Å². The Morgan fingerprint density at radius 1 is 1.45 bits per heavy atom. The first kappa shape index (κ1) is 14.2. The minimum atomic E-state index is -0.132. The minimum Gasteiger partial charge on any atom is -0.334 e. The van der Waals surface area contributed by atoms with Crippen molar-refractivity contribution >= 4 is 11.6 Å². The number of rotatable bonds is 5. The van der Waals surface area contributed by atoms with Crippen molar-refractivity contribution in [2.45, 2.75) is 32.7 Å². The van der Waals surface area contributed by atoms with Crippen LogP contribution in [-0.4, -0.2) is 22.1 Å². The molecule has 0 fully saturated rings. The van der Waals surface area contributed by atoms with Crippen molar-refractivity contribution in [1.82, 2.24) is 10.1 Å². The minimum absolute atomic E-state index is 0.122. The summed E-state index contributed by atoms with van der Waals surface area (Å²) in [5.41, 5.74) is 7.12. The van der Waals surface area contributed by atoms with E-state index >= 15 is 0 Å². The first-order valence-corrected chi connectivity index (χ1v) is 6.55. The zero-order chi connectivity index (χ0) is 14.5. The molecule has 0 saturated carbocycles. The van der Waals surface area contributed by atoms with Crippen LogP contribution in [0.25, 0.3) is 11.5 Å². The van der Waals surface area contributed by atoms with Gasteiger partial charge in [-0.05, 0) is 25.5 Å². The molecule has 3 N–H and O–H groups in total. The van der Waals surface area contributed by atoms with Crippen LogP contribution >= 0.6 is 0 Å². The van der Waals surface area contributed by atoms with Gasteiger partial charge in [-0.1, -0.05) is 24.2 Å². The van der Waals surface area contributed by atoms with Crippen LogP contribution in [0.1, 0.15) is 25.6 Å². The molecule has 20 heavy (non-hydrogen) atoms. The van der Waals surface area contributed by atoms with Crippen molar-refractivity contribution in [2.75, 3.05) is 5.32 Å². The van der Waals surface area contributed by atoms with E-state index in [1.165, 1.54) is 0 Å². The van der Waals surface area contributed by atoms with Gasteiger partial charge >= 0.3 is 0 Å². The second kappa shape index (κ2) is 6.29. The van der Waals surface area contributed by atoms with E-state index in [1.807, 2.05) is 25.1 Å². The first-order chi connectivity index (χ1) is 9.60. The molecule has 1 heterocycles. The van der Waals surface area contributed by atoms with Gasteiger partial charge in [-0.3, -0.25) is 4.79 Å². The number of benzene rings is 1. The third kappa shape index (κ3) is 3.42. The number of nitrogens with one attached hydrogen (secondary N) is 1. The Morgan fingerprint density at radius 3 is 2.85 bits per heavy atom. The van der Waals surface area contributed by atoms with E-state index in [0.717, 1.165) is 6.42 Å². The van der Waals surface area contributed by atoms with Gasteiger partial charge in [0.1, 0.15) is 0 Å². The predicted molar refractivity (Wildman–Crippen MR) is 76.0 cm³/mol. The number of hydrogen-bond acceptors (Lipinski definition) is 5. The Balaban J connectivity index is 2.18. The quantitative estimate of drug-likeness (QED) is 0.870. The summed E-state index contributed by atoms with van der Waals surface area (Å²) in [6, 6.07) is 7.17. The van der Waals surface area contributed by atoms with Gasteiger partial charge in [0.05, 0.1) is 11.3 Å². The summed E-state index contributed by atoms with van der Waals surface area (Å²) in [4.78, 5) is 16.1.